The topological polar surface area (TPSA) is 87.5 Å². The molecule has 1 N–H and O–H groups in total. The van der Waals surface area contributed by atoms with Crippen molar-refractivity contribution in [2.75, 3.05) is 18.7 Å². The summed E-state index contributed by atoms with van der Waals surface area (Å²) >= 11 is 11.9. The van der Waals surface area contributed by atoms with Gasteiger partial charge in [0.25, 0.3) is 5.91 Å². The number of rotatable bonds is 6. The molecular formula is C24H18Cl2N4O4. The number of anilines is 1. The molecule has 4 aromatic rings. The van der Waals surface area contributed by atoms with Crippen LogP contribution in [0.2, 0.25) is 10.0 Å². The van der Waals surface area contributed by atoms with E-state index in [-0.39, 0.29) is 18.7 Å². The molecule has 2 heterocycles. The van der Waals surface area contributed by atoms with E-state index in [2.05, 4.69) is 15.4 Å². The van der Waals surface area contributed by atoms with E-state index >= 15 is 0 Å². The second-order valence-corrected chi connectivity index (χ2v) is 8.08. The van der Waals surface area contributed by atoms with E-state index in [0.29, 0.717) is 45.2 Å². The van der Waals surface area contributed by atoms with Crippen molar-refractivity contribution in [2.45, 2.75) is 6.92 Å². The lowest BCUT2D eigenvalue weighted by Gasteiger charge is -2.09. The molecular weight excluding hydrogens is 479 g/mol. The van der Waals surface area contributed by atoms with Crippen LogP contribution in [0.15, 0.2) is 60.7 Å². The van der Waals surface area contributed by atoms with Gasteiger partial charge >= 0.3 is 6.01 Å². The fourth-order valence-corrected chi connectivity index (χ4v) is 3.71. The average Bonchev–Trinajstić information content (AvgIpc) is 3.48. The highest BCUT2D eigenvalue weighted by Gasteiger charge is 2.19. The highest BCUT2D eigenvalue weighted by Crippen LogP contribution is 2.36. The Morgan fingerprint density at radius 2 is 1.82 bits per heavy atom. The van der Waals surface area contributed by atoms with Crippen molar-refractivity contribution in [2.24, 2.45) is 0 Å². The molecule has 34 heavy (non-hydrogen) atoms. The molecule has 10 heteroatoms. The Balaban J connectivity index is 1.42. The molecule has 1 aliphatic rings. The number of carbonyl (C=O) groups is 1. The fraction of sp³-hybridized carbons (Fsp3) is 0.125. The minimum Gasteiger partial charge on any atom is -0.463 e. The van der Waals surface area contributed by atoms with Crippen LogP contribution >= 0.6 is 23.2 Å². The molecule has 0 bridgehead atoms. The number of aromatic nitrogens is 3. The summed E-state index contributed by atoms with van der Waals surface area (Å²) in [4.78, 5) is 17.1. The number of fused-ring (bicyclic) bond motifs is 1. The summed E-state index contributed by atoms with van der Waals surface area (Å²) in [5.74, 6) is 1.60. The summed E-state index contributed by atoms with van der Waals surface area (Å²) in [6.45, 7) is 2.49. The molecule has 1 aliphatic heterocycles. The van der Waals surface area contributed by atoms with Gasteiger partial charge in [0.05, 0.1) is 22.3 Å². The van der Waals surface area contributed by atoms with E-state index in [1.54, 1.807) is 28.9 Å². The van der Waals surface area contributed by atoms with E-state index in [9.17, 15) is 4.79 Å². The van der Waals surface area contributed by atoms with Crippen LogP contribution in [0.25, 0.3) is 17.1 Å². The molecule has 1 aromatic heterocycles. The average molecular weight is 497 g/mol. The quantitative estimate of drug-likeness (QED) is 0.372. The molecule has 0 fully saturated rings. The van der Waals surface area contributed by atoms with E-state index in [1.807, 2.05) is 37.3 Å². The summed E-state index contributed by atoms with van der Waals surface area (Å²) in [5, 5.41) is 8.04. The van der Waals surface area contributed by atoms with Gasteiger partial charge in [-0.15, -0.1) is 5.10 Å². The van der Waals surface area contributed by atoms with E-state index < -0.39 is 0 Å². The third kappa shape index (κ3) is 4.37. The largest absolute Gasteiger partial charge is 0.463 e. The van der Waals surface area contributed by atoms with Crippen LogP contribution in [0.1, 0.15) is 17.3 Å². The van der Waals surface area contributed by atoms with Crippen LogP contribution in [0.3, 0.4) is 0 Å². The summed E-state index contributed by atoms with van der Waals surface area (Å²) in [7, 11) is 0. The zero-order chi connectivity index (χ0) is 23.7. The van der Waals surface area contributed by atoms with Crippen LogP contribution in [0.5, 0.6) is 17.5 Å². The SMILES string of the molecule is CCOc1nc(-c2ccc3c(c2)OCO3)n(-c2ccc(NC(=O)c3ccc(Cl)c(Cl)c3)cc2)n1. The lowest BCUT2D eigenvalue weighted by Crippen LogP contribution is -2.12. The third-order valence-corrected chi connectivity index (χ3v) is 5.78. The van der Waals surface area contributed by atoms with Crippen LogP contribution in [-0.2, 0) is 0 Å². The number of carbonyl (C=O) groups excluding carboxylic acids is 1. The molecule has 5 rings (SSSR count). The van der Waals surface area contributed by atoms with Gasteiger partial charge in [0.1, 0.15) is 0 Å². The van der Waals surface area contributed by atoms with Gasteiger partial charge in [0.15, 0.2) is 17.3 Å². The Morgan fingerprint density at radius 1 is 1.03 bits per heavy atom. The molecule has 172 valence electrons. The highest BCUT2D eigenvalue weighted by atomic mass is 35.5. The number of hydrogen-bond acceptors (Lipinski definition) is 6. The van der Waals surface area contributed by atoms with Crippen LogP contribution in [-0.4, -0.2) is 34.1 Å². The van der Waals surface area contributed by atoms with Gasteiger partial charge in [-0.2, -0.15) is 4.98 Å². The van der Waals surface area contributed by atoms with Crippen molar-refractivity contribution < 1.29 is 19.0 Å². The van der Waals surface area contributed by atoms with E-state index in [1.165, 1.54) is 6.07 Å². The molecule has 0 aliphatic carbocycles. The van der Waals surface area contributed by atoms with Crippen molar-refractivity contribution in [1.82, 2.24) is 14.8 Å². The molecule has 1 amide bonds. The number of benzene rings is 3. The molecule has 0 radical (unpaired) electrons. The van der Waals surface area contributed by atoms with Gasteiger partial charge in [0, 0.05) is 16.8 Å². The summed E-state index contributed by atoms with van der Waals surface area (Å²) in [6, 6.07) is 17.7. The maximum absolute atomic E-state index is 12.6. The predicted molar refractivity (Wildman–Crippen MR) is 129 cm³/mol. The zero-order valence-corrected chi connectivity index (χ0v) is 19.4. The minimum absolute atomic E-state index is 0.186. The first-order valence-corrected chi connectivity index (χ1v) is 11.1. The van der Waals surface area contributed by atoms with Crippen molar-refractivity contribution in [3.8, 4) is 34.6 Å². The van der Waals surface area contributed by atoms with Crippen LogP contribution in [0, 0.1) is 0 Å². The molecule has 3 aromatic carbocycles. The molecule has 0 unspecified atom stereocenters. The maximum atomic E-state index is 12.6. The summed E-state index contributed by atoms with van der Waals surface area (Å²) < 4.78 is 18.1. The lowest BCUT2D eigenvalue weighted by molar-refractivity contribution is 0.102. The number of hydrogen-bond donors (Lipinski definition) is 1. The van der Waals surface area contributed by atoms with Gasteiger partial charge < -0.3 is 19.5 Å². The minimum atomic E-state index is -0.299. The zero-order valence-electron chi connectivity index (χ0n) is 17.9. The third-order valence-electron chi connectivity index (χ3n) is 5.04. The number of amides is 1. The van der Waals surface area contributed by atoms with E-state index in [0.717, 1.165) is 11.3 Å². The fourth-order valence-electron chi connectivity index (χ4n) is 3.41. The standard InChI is InChI=1S/C24H18Cl2N4O4/c1-2-32-24-28-22(14-4-10-20-21(12-14)34-13-33-20)30(29-24)17-7-5-16(6-8-17)27-23(31)15-3-9-18(25)19(26)11-15/h3-12H,2,13H2,1H3,(H,27,31). The first kappa shape index (κ1) is 22.1. The number of halogens is 2. The highest BCUT2D eigenvalue weighted by molar-refractivity contribution is 6.42. The summed E-state index contributed by atoms with van der Waals surface area (Å²) in [6.07, 6.45) is 0. The smallest absolute Gasteiger partial charge is 0.336 e. The van der Waals surface area contributed by atoms with Crippen molar-refractivity contribution >= 4 is 34.8 Å². The number of ether oxygens (including phenoxy) is 3. The predicted octanol–water partition coefficient (Wildman–Crippen LogP) is 5.62. The summed E-state index contributed by atoms with van der Waals surface area (Å²) in [5.41, 5.74) is 2.54. The van der Waals surface area contributed by atoms with Gasteiger partial charge in [-0.1, -0.05) is 23.2 Å². The second-order valence-electron chi connectivity index (χ2n) is 7.26. The lowest BCUT2D eigenvalue weighted by atomic mass is 10.2. The monoisotopic (exact) mass is 496 g/mol. The Labute approximate surface area is 205 Å². The molecule has 0 spiro atoms. The Hall–Kier alpha value is -3.75. The normalized spacial score (nSPS) is 12.0. The molecule has 0 atom stereocenters. The van der Waals surface area contributed by atoms with Crippen LogP contribution < -0.4 is 19.5 Å². The van der Waals surface area contributed by atoms with Gasteiger partial charge in [-0.3, -0.25) is 4.79 Å². The van der Waals surface area contributed by atoms with Crippen molar-refractivity contribution in [3.05, 3.63) is 76.3 Å². The van der Waals surface area contributed by atoms with Crippen molar-refractivity contribution in [1.29, 1.82) is 0 Å². The van der Waals surface area contributed by atoms with Gasteiger partial charge in [-0.05, 0) is 67.6 Å². The van der Waals surface area contributed by atoms with Crippen LogP contribution in [0.4, 0.5) is 5.69 Å². The maximum Gasteiger partial charge on any atom is 0.336 e. The Kier molecular flexibility index (Phi) is 6.00. The van der Waals surface area contributed by atoms with E-state index in [4.69, 9.17) is 37.4 Å². The van der Waals surface area contributed by atoms with Gasteiger partial charge in [-0.25, -0.2) is 4.68 Å². The number of nitrogens with one attached hydrogen (secondary N) is 1. The molecule has 0 saturated heterocycles. The Bertz CT molecular complexity index is 1370. The Morgan fingerprint density at radius 3 is 2.59 bits per heavy atom. The van der Waals surface area contributed by atoms with Crippen molar-refractivity contribution in [3.63, 3.8) is 0 Å². The second kappa shape index (κ2) is 9.24. The molecule has 0 saturated carbocycles. The molecule has 8 nitrogen and oxygen atoms in total. The van der Waals surface area contributed by atoms with Gasteiger partial charge in [0.2, 0.25) is 6.79 Å². The first-order valence-electron chi connectivity index (χ1n) is 10.4. The number of nitrogens with zero attached hydrogens (tertiary/aromatic N) is 3. The first-order chi connectivity index (χ1) is 16.5.